The molecule has 0 aromatic carbocycles. The van der Waals surface area contributed by atoms with Crippen LogP contribution in [-0.4, -0.2) is 34.8 Å². The zero-order chi connectivity index (χ0) is 14.9. The van der Waals surface area contributed by atoms with Crippen LogP contribution in [0.1, 0.15) is 53.9 Å². The Morgan fingerprint density at radius 1 is 1.15 bits per heavy atom. The first-order valence-corrected chi connectivity index (χ1v) is 7.86. The smallest absolute Gasteiger partial charge is 0.246 e. The molecule has 1 aliphatic heterocycles. The highest BCUT2D eigenvalue weighted by atomic mass is 16.2. The molecule has 20 heavy (non-hydrogen) atoms. The van der Waals surface area contributed by atoms with Gasteiger partial charge in [0.25, 0.3) is 0 Å². The average molecular weight is 278 g/mol. The van der Waals surface area contributed by atoms with Crippen molar-refractivity contribution in [1.29, 1.82) is 0 Å². The number of rotatable bonds is 3. The minimum Gasteiger partial charge on any atom is -0.342 e. The largest absolute Gasteiger partial charge is 0.342 e. The third-order valence-corrected chi connectivity index (χ3v) is 6.16. The van der Waals surface area contributed by atoms with E-state index in [-0.39, 0.29) is 40.8 Å². The Hall–Kier alpha value is -1.06. The number of carbonyl (C=O) groups excluding carboxylic acids is 2. The lowest BCUT2D eigenvalue weighted by Gasteiger charge is -2.40. The van der Waals surface area contributed by atoms with Gasteiger partial charge in [-0.05, 0) is 36.0 Å². The van der Waals surface area contributed by atoms with Crippen molar-refractivity contribution in [3.8, 4) is 0 Å². The summed E-state index contributed by atoms with van der Waals surface area (Å²) >= 11 is 0. The molecule has 1 N–H and O–H groups in total. The van der Waals surface area contributed by atoms with E-state index in [4.69, 9.17) is 0 Å². The van der Waals surface area contributed by atoms with Gasteiger partial charge in [0.05, 0.1) is 0 Å². The highest BCUT2D eigenvalue weighted by molar-refractivity contribution is 5.98. The van der Waals surface area contributed by atoms with Crippen molar-refractivity contribution in [2.24, 2.45) is 16.7 Å². The molecular formula is C16H26N2O2. The molecule has 1 heterocycles. The molecule has 3 fully saturated rings. The number of piperazine rings is 1. The standard InChI is InChI=1S/C16H26N2O2/c1-6-10-12(19)17-11(9-7-8-9)13(20)18(10)14-15(2,3)16(14,4)5/h9-11,14H,6-8H2,1-5H3,(H,17,19). The Bertz CT molecular complexity index is 451. The molecule has 4 nitrogen and oxygen atoms in total. The predicted molar refractivity (Wildman–Crippen MR) is 76.9 cm³/mol. The van der Waals surface area contributed by atoms with E-state index in [0.29, 0.717) is 12.3 Å². The Balaban J connectivity index is 1.92. The van der Waals surface area contributed by atoms with Crippen LogP contribution in [0.5, 0.6) is 0 Å². The maximum Gasteiger partial charge on any atom is 0.246 e. The molecule has 0 spiro atoms. The van der Waals surface area contributed by atoms with Gasteiger partial charge in [-0.15, -0.1) is 0 Å². The molecule has 3 rings (SSSR count). The van der Waals surface area contributed by atoms with Crippen molar-refractivity contribution in [3.05, 3.63) is 0 Å². The molecule has 2 aliphatic carbocycles. The molecule has 0 aromatic rings. The van der Waals surface area contributed by atoms with Crippen molar-refractivity contribution in [3.63, 3.8) is 0 Å². The second-order valence-corrected chi connectivity index (χ2v) is 7.84. The van der Waals surface area contributed by atoms with Gasteiger partial charge in [-0.1, -0.05) is 34.6 Å². The zero-order valence-corrected chi connectivity index (χ0v) is 13.2. The molecule has 4 heteroatoms. The first-order valence-electron chi connectivity index (χ1n) is 7.86. The average Bonchev–Trinajstić information content (AvgIpc) is 3.22. The quantitative estimate of drug-likeness (QED) is 0.857. The van der Waals surface area contributed by atoms with Gasteiger partial charge < -0.3 is 10.2 Å². The Morgan fingerprint density at radius 2 is 1.70 bits per heavy atom. The van der Waals surface area contributed by atoms with Crippen LogP contribution < -0.4 is 5.32 Å². The van der Waals surface area contributed by atoms with Gasteiger partial charge in [0.15, 0.2) is 0 Å². The molecule has 0 aromatic heterocycles. The fourth-order valence-corrected chi connectivity index (χ4v) is 4.05. The maximum absolute atomic E-state index is 12.9. The highest BCUT2D eigenvalue weighted by Crippen LogP contribution is 2.66. The van der Waals surface area contributed by atoms with E-state index in [1.165, 1.54) is 0 Å². The summed E-state index contributed by atoms with van der Waals surface area (Å²) in [4.78, 5) is 27.2. The number of nitrogens with one attached hydrogen (secondary N) is 1. The van der Waals surface area contributed by atoms with Gasteiger partial charge in [-0.3, -0.25) is 9.59 Å². The first kappa shape index (κ1) is 13.9. The van der Waals surface area contributed by atoms with Crippen LogP contribution in [0, 0.1) is 16.7 Å². The number of hydrogen-bond donors (Lipinski definition) is 1. The number of hydrogen-bond acceptors (Lipinski definition) is 2. The molecule has 1 saturated heterocycles. The molecule has 3 aliphatic rings. The summed E-state index contributed by atoms with van der Waals surface area (Å²) in [6.07, 6.45) is 2.83. The molecule has 2 amide bonds. The normalized spacial score (nSPS) is 36.0. The van der Waals surface area contributed by atoms with Gasteiger partial charge in [-0.25, -0.2) is 0 Å². The third kappa shape index (κ3) is 1.66. The summed E-state index contributed by atoms with van der Waals surface area (Å²) in [5.74, 6) is 0.571. The van der Waals surface area contributed by atoms with Gasteiger partial charge in [0.1, 0.15) is 12.1 Å². The van der Waals surface area contributed by atoms with Gasteiger partial charge in [0.2, 0.25) is 11.8 Å². The van der Waals surface area contributed by atoms with Gasteiger partial charge >= 0.3 is 0 Å². The van der Waals surface area contributed by atoms with Crippen LogP contribution in [0.4, 0.5) is 0 Å². The molecule has 2 atom stereocenters. The fraction of sp³-hybridized carbons (Fsp3) is 0.875. The van der Waals surface area contributed by atoms with E-state index in [1.807, 2.05) is 11.8 Å². The Labute approximate surface area is 121 Å². The monoisotopic (exact) mass is 278 g/mol. The lowest BCUT2D eigenvalue weighted by atomic mass is 10.0. The van der Waals surface area contributed by atoms with Gasteiger partial charge in [0, 0.05) is 6.04 Å². The summed E-state index contributed by atoms with van der Waals surface area (Å²) in [5, 5.41) is 2.97. The molecule has 0 radical (unpaired) electrons. The van der Waals surface area contributed by atoms with Crippen LogP contribution in [0.15, 0.2) is 0 Å². The van der Waals surface area contributed by atoms with Crippen molar-refractivity contribution in [2.45, 2.75) is 72.0 Å². The molecule has 0 bridgehead atoms. The van der Waals surface area contributed by atoms with E-state index in [9.17, 15) is 9.59 Å². The van der Waals surface area contributed by atoms with Crippen LogP contribution in [0.2, 0.25) is 0 Å². The lowest BCUT2D eigenvalue weighted by Crippen LogP contribution is -2.65. The summed E-state index contributed by atoms with van der Waals surface area (Å²) in [5.41, 5.74) is 0.170. The van der Waals surface area contributed by atoms with Crippen LogP contribution in [0.3, 0.4) is 0 Å². The molecule has 2 unspecified atom stereocenters. The Kier molecular flexibility index (Phi) is 2.77. The van der Waals surface area contributed by atoms with Crippen molar-refractivity contribution in [2.75, 3.05) is 0 Å². The van der Waals surface area contributed by atoms with Crippen molar-refractivity contribution in [1.82, 2.24) is 10.2 Å². The zero-order valence-electron chi connectivity index (χ0n) is 13.2. The minimum atomic E-state index is -0.288. The van der Waals surface area contributed by atoms with Crippen LogP contribution >= 0.6 is 0 Å². The highest BCUT2D eigenvalue weighted by Gasteiger charge is 2.70. The summed E-state index contributed by atoms with van der Waals surface area (Å²) in [6.45, 7) is 10.8. The topological polar surface area (TPSA) is 49.4 Å². The number of carbonyl (C=O) groups is 2. The lowest BCUT2D eigenvalue weighted by molar-refractivity contribution is -0.151. The van der Waals surface area contributed by atoms with E-state index in [1.54, 1.807) is 0 Å². The van der Waals surface area contributed by atoms with E-state index >= 15 is 0 Å². The van der Waals surface area contributed by atoms with E-state index in [0.717, 1.165) is 12.8 Å². The third-order valence-electron chi connectivity index (χ3n) is 6.16. The molecular weight excluding hydrogens is 252 g/mol. The first-order chi connectivity index (χ1) is 9.23. The summed E-state index contributed by atoms with van der Waals surface area (Å²) in [6, 6.07) is -0.374. The SMILES string of the molecule is CCC1C(=O)NC(C2CC2)C(=O)N1C1C(C)(C)C1(C)C. The minimum absolute atomic E-state index is 0.0440. The summed E-state index contributed by atoms with van der Waals surface area (Å²) < 4.78 is 0. The summed E-state index contributed by atoms with van der Waals surface area (Å²) in [7, 11) is 0. The van der Waals surface area contributed by atoms with Crippen LogP contribution in [-0.2, 0) is 9.59 Å². The number of nitrogens with zero attached hydrogens (tertiary/aromatic N) is 1. The van der Waals surface area contributed by atoms with E-state index < -0.39 is 0 Å². The second kappa shape index (κ2) is 3.99. The van der Waals surface area contributed by atoms with Crippen molar-refractivity contribution < 1.29 is 9.59 Å². The molecule has 112 valence electrons. The van der Waals surface area contributed by atoms with E-state index in [2.05, 4.69) is 33.0 Å². The number of amides is 2. The Morgan fingerprint density at radius 3 is 2.10 bits per heavy atom. The van der Waals surface area contributed by atoms with Crippen molar-refractivity contribution >= 4 is 11.8 Å². The van der Waals surface area contributed by atoms with Gasteiger partial charge in [-0.2, -0.15) is 0 Å². The fourth-order valence-electron chi connectivity index (χ4n) is 4.05. The van der Waals surface area contributed by atoms with Crippen LogP contribution in [0.25, 0.3) is 0 Å². The predicted octanol–water partition coefficient (Wildman–Crippen LogP) is 1.94. The molecule has 2 saturated carbocycles. The second-order valence-electron chi connectivity index (χ2n) is 7.84. The maximum atomic E-state index is 12.9.